The number of aryl methyl sites for hydroxylation is 2. The molecule has 12 heavy (non-hydrogen) atoms. The Morgan fingerprint density at radius 2 is 2.42 bits per heavy atom. The van der Waals surface area contributed by atoms with Gasteiger partial charge in [0.05, 0.1) is 10.9 Å². The molecule has 0 amide bonds. The fourth-order valence-electron chi connectivity index (χ4n) is 0.899. The summed E-state index contributed by atoms with van der Waals surface area (Å²) in [5, 5.41) is 14.9. The van der Waals surface area contributed by atoms with Crippen LogP contribution in [0.1, 0.15) is 17.7 Å². The molecule has 0 bridgehead atoms. The van der Waals surface area contributed by atoms with Crippen molar-refractivity contribution in [1.29, 1.82) is 5.41 Å². The minimum absolute atomic E-state index is 0.167. The van der Waals surface area contributed by atoms with E-state index in [4.69, 9.17) is 17.0 Å². The maximum atomic E-state index is 7.03. The highest BCUT2D eigenvalue weighted by atomic mass is 35.5. The maximum Gasteiger partial charge on any atom is 0.0972 e. The summed E-state index contributed by atoms with van der Waals surface area (Å²) in [6, 6.07) is 1.90. The first-order valence-electron chi connectivity index (χ1n) is 3.70. The topological polar surface area (TPSA) is 49.6 Å². The summed E-state index contributed by atoms with van der Waals surface area (Å²) in [5.41, 5.74) is 2.02. The highest BCUT2D eigenvalue weighted by Crippen LogP contribution is 2.05. The van der Waals surface area contributed by atoms with Gasteiger partial charge in [-0.1, -0.05) is 11.6 Å². The molecule has 0 aliphatic heterocycles. The second-order valence-electron chi connectivity index (χ2n) is 2.57. The van der Waals surface area contributed by atoms with Crippen LogP contribution in [0.15, 0.2) is 12.3 Å². The predicted octanol–water partition coefficient (Wildman–Crippen LogP) is 1.93. The number of nitrogens with one attached hydrogen (secondary N) is 1. The lowest BCUT2D eigenvalue weighted by Crippen LogP contribution is -1.98. The van der Waals surface area contributed by atoms with Crippen molar-refractivity contribution in [1.82, 2.24) is 10.2 Å². The van der Waals surface area contributed by atoms with E-state index in [0.717, 1.165) is 11.3 Å². The van der Waals surface area contributed by atoms with E-state index in [2.05, 4.69) is 10.2 Å². The van der Waals surface area contributed by atoms with Gasteiger partial charge in [-0.25, -0.2) is 0 Å². The minimum Gasteiger partial charge on any atom is -0.293 e. The molecule has 0 aliphatic rings. The summed E-state index contributed by atoms with van der Waals surface area (Å²) >= 11 is 5.42. The first-order valence-corrected chi connectivity index (χ1v) is 4.08. The Morgan fingerprint density at radius 1 is 1.67 bits per heavy atom. The van der Waals surface area contributed by atoms with Crippen LogP contribution in [-0.4, -0.2) is 15.4 Å². The smallest absolute Gasteiger partial charge is 0.0972 e. The Labute approximate surface area is 76.3 Å². The van der Waals surface area contributed by atoms with Crippen molar-refractivity contribution in [2.75, 3.05) is 0 Å². The summed E-state index contributed by atoms with van der Waals surface area (Å²) in [5.74, 6) is 0. The largest absolute Gasteiger partial charge is 0.293 e. The molecule has 1 heterocycles. The number of hydrogen-bond donors (Lipinski definition) is 1. The molecule has 0 radical (unpaired) electrons. The average Bonchev–Trinajstić information content (AvgIpc) is 2.03. The molecule has 3 nitrogen and oxygen atoms in total. The lowest BCUT2D eigenvalue weighted by atomic mass is 10.1. The van der Waals surface area contributed by atoms with Crippen molar-refractivity contribution >= 4 is 16.8 Å². The normalized spacial score (nSPS) is 9.83. The molecule has 0 aromatic carbocycles. The minimum atomic E-state index is 0.167. The zero-order valence-corrected chi connectivity index (χ0v) is 7.60. The van der Waals surface area contributed by atoms with Gasteiger partial charge in [0.1, 0.15) is 0 Å². The van der Waals surface area contributed by atoms with E-state index in [1.165, 1.54) is 0 Å². The second-order valence-corrected chi connectivity index (χ2v) is 3.02. The Kier molecular flexibility index (Phi) is 3.17. The fourth-order valence-corrected chi connectivity index (χ4v) is 0.993. The Morgan fingerprint density at radius 3 is 3.00 bits per heavy atom. The van der Waals surface area contributed by atoms with Crippen LogP contribution in [0, 0.1) is 12.3 Å². The second kappa shape index (κ2) is 4.16. The van der Waals surface area contributed by atoms with Crippen LogP contribution in [0.25, 0.3) is 0 Å². The summed E-state index contributed by atoms with van der Waals surface area (Å²) in [7, 11) is 0. The monoisotopic (exact) mass is 183 g/mol. The molecular formula is C8H10ClN3. The van der Waals surface area contributed by atoms with E-state index in [0.29, 0.717) is 12.8 Å². The molecule has 0 spiro atoms. The van der Waals surface area contributed by atoms with Crippen LogP contribution in [0.3, 0.4) is 0 Å². The van der Waals surface area contributed by atoms with Crippen molar-refractivity contribution in [2.45, 2.75) is 19.8 Å². The molecular weight excluding hydrogens is 174 g/mol. The maximum absolute atomic E-state index is 7.03. The van der Waals surface area contributed by atoms with Crippen LogP contribution < -0.4 is 0 Å². The van der Waals surface area contributed by atoms with E-state index >= 15 is 0 Å². The SMILES string of the molecule is Cc1ccnnc1CCC(=N)Cl. The number of aromatic nitrogens is 2. The molecule has 1 aromatic rings. The zero-order valence-electron chi connectivity index (χ0n) is 6.84. The Bertz CT molecular complexity index is 285. The van der Waals surface area contributed by atoms with E-state index < -0.39 is 0 Å². The standard InChI is InChI=1S/C8H10ClN3/c1-6-4-5-11-12-7(6)2-3-8(9)10/h4-5,10H,2-3H2,1H3. The third-order valence-electron chi connectivity index (χ3n) is 1.61. The fraction of sp³-hybridized carbons (Fsp3) is 0.375. The molecule has 1 N–H and O–H groups in total. The van der Waals surface area contributed by atoms with Gasteiger partial charge in [0.25, 0.3) is 0 Å². The lowest BCUT2D eigenvalue weighted by Gasteiger charge is -2.00. The molecule has 0 unspecified atom stereocenters. The molecule has 64 valence electrons. The Balaban J connectivity index is 2.63. The molecule has 0 fully saturated rings. The average molecular weight is 184 g/mol. The van der Waals surface area contributed by atoms with Crippen LogP contribution in [0.2, 0.25) is 0 Å². The van der Waals surface area contributed by atoms with Crippen molar-refractivity contribution in [2.24, 2.45) is 0 Å². The van der Waals surface area contributed by atoms with Gasteiger partial charge in [0.2, 0.25) is 0 Å². The molecule has 0 saturated heterocycles. The lowest BCUT2D eigenvalue weighted by molar-refractivity contribution is 0.875. The molecule has 1 aromatic heterocycles. The number of nitrogens with zero attached hydrogens (tertiary/aromatic N) is 2. The molecule has 4 heteroatoms. The van der Waals surface area contributed by atoms with Gasteiger partial charge in [-0.2, -0.15) is 10.2 Å². The van der Waals surface area contributed by atoms with Crippen molar-refractivity contribution in [3.05, 3.63) is 23.5 Å². The van der Waals surface area contributed by atoms with Crippen molar-refractivity contribution < 1.29 is 0 Å². The van der Waals surface area contributed by atoms with Gasteiger partial charge < -0.3 is 0 Å². The van der Waals surface area contributed by atoms with Gasteiger partial charge >= 0.3 is 0 Å². The summed E-state index contributed by atoms with van der Waals surface area (Å²) < 4.78 is 0. The number of rotatable bonds is 3. The molecule has 1 rings (SSSR count). The van der Waals surface area contributed by atoms with Gasteiger partial charge in [0, 0.05) is 12.6 Å². The van der Waals surface area contributed by atoms with Gasteiger partial charge in [-0.3, -0.25) is 5.41 Å². The molecule has 0 aliphatic carbocycles. The van der Waals surface area contributed by atoms with E-state index in [9.17, 15) is 0 Å². The van der Waals surface area contributed by atoms with Crippen LogP contribution in [-0.2, 0) is 6.42 Å². The summed E-state index contributed by atoms with van der Waals surface area (Å²) in [6.07, 6.45) is 2.90. The van der Waals surface area contributed by atoms with Crippen LogP contribution >= 0.6 is 11.6 Å². The van der Waals surface area contributed by atoms with E-state index in [-0.39, 0.29) is 5.17 Å². The van der Waals surface area contributed by atoms with E-state index in [1.807, 2.05) is 13.0 Å². The summed E-state index contributed by atoms with van der Waals surface area (Å²) in [4.78, 5) is 0. The Hall–Kier alpha value is -0.960. The van der Waals surface area contributed by atoms with Crippen LogP contribution in [0.5, 0.6) is 0 Å². The number of hydrogen-bond acceptors (Lipinski definition) is 3. The van der Waals surface area contributed by atoms with E-state index in [1.54, 1.807) is 6.20 Å². The van der Waals surface area contributed by atoms with Gasteiger partial charge in [-0.15, -0.1) is 0 Å². The molecule has 0 atom stereocenters. The third kappa shape index (κ3) is 2.58. The quantitative estimate of drug-likeness (QED) is 0.729. The highest BCUT2D eigenvalue weighted by Gasteiger charge is 2.00. The third-order valence-corrected chi connectivity index (χ3v) is 1.80. The zero-order chi connectivity index (χ0) is 8.97. The highest BCUT2D eigenvalue weighted by molar-refractivity contribution is 6.64. The van der Waals surface area contributed by atoms with Crippen molar-refractivity contribution in [3.8, 4) is 0 Å². The first-order chi connectivity index (χ1) is 5.70. The van der Waals surface area contributed by atoms with Crippen LogP contribution in [0.4, 0.5) is 0 Å². The predicted molar refractivity (Wildman–Crippen MR) is 48.7 cm³/mol. The first kappa shape index (κ1) is 9.13. The van der Waals surface area contributed by atoms with Gasteiger partial charge in [0.15, 0.2) is 0 Å². The number of halogens is 1. The van der Waals surface area contributed by atoms with Gasteiger partial charge in [-0.05, 0) is 25.0 Å². The van der Waals surface area contributed by atoms with Crippen molar-refractivity contribution in [3.63, 3.8) is 0 Å². The molecule has 0 saturated carbocycles. The summed E-state index contributed by atoms with van der Waals surface area (Å²) in [6.45, 7) is 1.97.